The van der Waals surface area contributed by atoms with E-state index in [0.29, 0.717) is 5.75 Å². The van der Waals surface area contributed by atoms with E-state index in [1.54, 1.807) is 6.20 Å². The normalized spacial score (nSPS) is 11.2. The van der Waals surface area contributed by atoms with E-state index in [0.717, 1.165) is 25.2 Å². The summed E-state index contributed by atoms with van der Waals surface area (Å²) in [6, 6.07) is 3.73. The van der Waals surface area contributed by atoms with Crippen molar-refractivity contribution in [1.29, 1.82) is 0 Å². The monoisotopic (exact) mass is 279 g/mol. The van der Waals surface area contributed by atoms with Crippen LogP contribution in [0.5, 0.6) is 5.75 Å². The number of carbonyl (C=O) groups excluding carboxylic acids is 1. The molecule has 0 spiro atoms. The zero-order chi connectivity index (χ0) is 15.0. The standard InChI is InChI=1S/C15H25N3O2/c1-5-15(3,4)18-14(19)11-20-13-8-7-12(17-10-13)9-16-6-2/h7-8,10,16H,5-6,9,11H2,1-4H3,(H,18,19). The number of ether oxygens (including phenoxy) is 1. The summed E-state index contributed by atoms with van der Waals surface area (Å²) in [7, 11) is 0. The van der Waals surface area contributed by atoms with E-state index in [-0.39, 0.29) is 18.1 Å². The van der Waals surface area contributed by atoms with Crippen LogP contribution in [0.3, 0.4) is 0 Å². The van der Waals surface area contributed by atoms with E-state index in [2.05, 4.69) is 15.6 Å². The lowest BCUT2D eigenvalue weighted by molar-refractivity contribution is -0.124. The van der Waals surface area contributed by atoms with Gasteiger partial charge in [-0.15, -0.1) is 0 Å². The van der Waals surface area contributed by atoms with Gasteiger partial charge in [-0.25, -0.2) is 0 Å². The molecule has 0 saturated heterocycles. The van der Waals surface area contributed by atoms with Crippen molar-refractivity contribution in [3.05, 3.63) is 24.0 Å². The molecule has 0 atom stereocenters. The number of aromatic nitrogens is 1. The van der Waals surface area contributed by atoms with Crippen molar-refractivity contribution < 1.29 is 9.53 Å². The second-order valence-electron chi connectivity index (χ2n) is 5.34. The second-order valence-corrected chi connectivity index (χ2v) is 5.34. The van der Waals surface area contributed by atoms with Crippen molar-refractivity contribution in [2.75, 3.05) is 13.2 Å². The van der Waals surface area contributed by atoms with Gasteiger partial charge >= 0.3 is 0 Å². The third kappa shape index (κ3) is 6.02. The van der Waals surface area contributed by atoms with Gasteiger partial charge in [-0.3, -0.25) is 9.78 Å². The molecule has 1 amide bonds. The van der Waals surface area contributed by atoms with Gasteiger partial charge in [-0.1, -0.05) is 13.8 Å². The van der Waals surface area contributed by atoms with Crippen LogP contribution in [0.4, 0.5) is 0 Å². The molecule has 0 radical (unpaired) electrons. The maximum Gasteiger partial charge on any atom is 0.258 e. The fraction of sp³-hybridized carbons (Fsp3) is 0.600. The molecule has 1 heterocycles. The van der Waals surface area contributed by atoms with Crippen molar-refractivity contribution in [1.82, 2.24) is 15.6 Å². The SMILES string of the molecule is CCNCc1ccc(OCC(=O)NC(C)(C)CC)cn1. The lowest BCUT2D eigenvalue weighted by atomic mass is 10.0. The number of hydrogen-bond donors (Lipinski definition) is 2. The molecule has 0 aliphatic heterocycles. The highest BCUT2D eigenvalue weighted by Crippen LogP contribution is 2.10. The van der Waals surface area contributed by atoms with Gasteiger partial charge in [-0.05, 0) is 38.9 Å². The molecule has 1 rings (SSSR count). The minimum absolute atomic E-state index is 0.0116. The highest BCUT2D eigenvalue weighted by atomic mass is 16.5. The average Bonchev–Trinajstić information content (AvgIpc) is 2.43. The van der Waals surface area contributed by atoms with Crippen LogP contribution in [0.15, 0.2) is 18.3 Å². The van der Waals surface area contributed by atoms with Gasteiger partial charge in [0.1, 0.15) is 5.75 Å². The predicted octanol–water partition coefficient (Wildman–Crippen LogP) is 1.87. The first-order chi connectivity index (χ1) is 9.46. The Morgan fingerprint density at radius 3 is 2.65 bits per heavy atom. The van der Waals surface area contributed by atoms with Gasteiger partial charge in [0.2, 0.25) is 0 Å². The molecule has 0 saturated carbocycles. The Balaban J connectivity index is 2.40. The quantitative estimate of drug-likeness (QED) is 0.762. The van der Waals surface area contributed by atoms with Crippen LogP contribution in [-0.2, 0) is 11.3 Å². The predicted molar refractivity (Wildman–Crippen MR) is 79.6 cm³/mol. The summed E-state index contributed by atoms with van der Waals surface area (Å²) in [6.45, 7) is 9.72. The molecule has 0 aromatic carbocycles. The number of nitrogens with zero attached hydrogens (tertiary/aromatic N) is 1. The maximum absolute atomic E-state index is 11.7. The number of rotatable bonds is 8. The Kier molecular flexibility index (Phi) is 6.45. The summed E-state index contributed by atoms with van der Waals surface area (Å²) in [5.41, 5.74) is 0.754. The molecule has 1 aromatic rings. The van der Waals surface area contributed by atoms with Gasteiger partial charge < -0.3 is 15.4 Å². The van der Waals surface area contributed by atoms with Gasteiger partial charge in [-0.2, -0.15) is 0 Å². The van der Waals surface area contributed by atoms with Gasteiger partial charge in [0.05, 0.1) is 11.9 Å². The Labute approximate surface area is 121 Å². The Hall–Kier alpha value is -1.62. The topological polar surface area (TPSA) is 63.2 Å². The summed E-state index contributed by atoms with van der Waals surface area (Å²) in [5.74, 6) is 0.489. The van der Waals surface area contributed by atoms with Crippen LogP contribution in [0.25, 0.3) is 0 Å². The minimum Gasteiger partial charge on any atom is -0.482 e. The molecule has 5 nitrogen and oxygen atoms in total. The fourth-order valence-electron chi connectivity index (χ4n) is 1.50. The molecule has 112 valence electrons. The largest absolute Gasteiger partial charge is 0.482 e. The molecule has 0 bridgehead atoms. The first kappa shape index (κ1) is 16.4. The molecular formula is C15H25N3O2. The molecule has 20 heavy (non-hydrogen) atoms. The summed E-state index contributed by atoms with van der Waals surface area (Å²) >= 11 is 0. The smallest absolute Gasteiger partial charge is 0.258 e. The number of carbonyl (C=O) groups is 1. The Morgan fingerprint density at radius 1 is 1.35 bits per heavy atom. The van der Waals surface area contributed by atoms with Crippen molar-refractivity contribution in [3.8, 4) is 5.75 Å². The highest BCUT2D eigenvalue weighted by molar-refractivity contribution is 5.78. The number of nitrogens with one attached hydrogen (secondary N) is 2. The maximum atomic E-state index is 11.7. The van der Waals surface area contributed by atoms with E-state index in [1.165, 1.54) is 0 Å². The lowest BCUT2D eigenvalue weighted by Crippen LogP contribution is -2.44. The van der Waals surface area contributed by atoms with Crippen LogP contribution in [0, 0.1) is 0 Å². The van der Waals surface area contributed by atoms with Gasteiger partial charge in [0, 0.05) is 12.1 Å². The average molecular weight is 279 g/mol. The first-order valence-electron chi connectivity index (χ1n) is 7.06. The summed E-state index contributed by atoms with van der Waals surface area (Å²) in [5, 5.41) is 6.12. The number of pyridine rings is 1. The molecular weight excluding hydrogens is 254 g/mol. The third-order valence-corrected chi connectivity index (χ3v) is 3.09. The van der Waals surface area contributed by atoms with Crippen LogP contribution >= 0.6 is 0 Å². The molecule has 0 fully saturated rings. The Morgan fingerprint density at radius 2 is 2.10 bits per heavy atom. The zero-order valence-electron chi connectivity index (χ0n) is 12.8. The third-order valence-electron chi connectivity index (χ3n) is 3.09. The van der Waals surface area contributed by atoms with Crippen molar-refractivity contribution in [2.24, 2.45) is 0 Å². The number of hydrogen-bond acceptors (Lipinski definition) is 4. The fourth-order valence-corrected chi connectivity index (χ4v) is 1.50. The Bertz CT molecular complexity index is 416. The minimum atomic E-state index is -0.200. The van der Waals surface area contributed by atoms with Crippen LogP contribution in [0.2, 0.25) is 0 Å². The van der Waals surface area contributed by atoms with Crippen molar-refractivity contribution in [3.63, 3.8) is 0 Å². The molecule has 2 N–H and O–H groups in total. The molecule has 5 heteroatoms. The van der Waals surface area contributed by atoms with Gasteiger partial charge in [0.25, 0.3) is 5.91 Å². The van der Waals surface area contributed by atoms with Crippen LogP contribution in [-0.4, -0.2) is 29.6 Å². The van der Waals surface area contributed by atoms with E-state index in [1.807, 2.05) is 39.8 Å². The summed E-state index contributed by atoms with van der Waals surface area (Å²) < 4.78 is 5.42. The van der Waals surface area contributed by atoms with E-state index < -0.39 is 0 Å². The second kappa shape index (κ2) is 7.85. The van der Waals surface area contributed by atoms with Crippen LogP contribution < -0.4 is 15.4 Å². The first-order valence-corrected chi connectivity index (χ1v) is 7.06. The van der Waals surface area contributed by atoms with E-state index in [4.69, 9.17) is 4.74 Å². The summed E-state index contributed by atoms with van der Waals surface area (Å²) in [4.78, 5) is 16.0. The number of amides is 1. The van der Waals surface area contributed by atoms with Gasteiger partial charge in [0.15, 0.2) is 6.61 Å². The molecule has 0 unspecified atom stereocenters. The van der Waals surface area contributed by atoms with E-state index in [9.17, 15) is 4.79 Å². The van der Waals surface area contributed by atoms with Crippen molar-refractivity contribution in [2.45, 2.75) is 46.2 Å². The molecule has 0 aliphatic carbocycles. The molecule has 1 aromatic heterocycles. The lowest BCUT2D eigenvalue weighted by Gasteiger charge is -2.24. The van der Waals surface area contributed by atoms with E-state index >= 15 is 0 Å². The molecule has 0 aliphatic rings. The zero-order valence-corrected chi connectivity index (χ0v) is 12.8. The van der Waals surface area contributed by atoms with Crippen LogP contribution in [0.1, 0.15) is 39.8 Å². The summed E-state index contributed by atoms with van der Waals surface area (Å²) in [6.07, 6.45) is 2.52. The highest BCUT2D eigenvalue weighted by Gasteiger charge is 2.17. The van der Waals surface area contributed by atoms with Crippen molar-refractivity contribution >= 4 is 5.91 Å².